The van der Waals surface area contributed by atoms with Crippen molar-refractivity contribution in [3.63, 3.8) is 0 Å². The van der Waals surface area contributed by atoms with E-state index in [9.17, 15) is 9.59 Å². The van der Waals surface area contributed by atoms with E-state index in [4.69, 9.17) is 10.8 Å². The van der Waals surface area contributed by atoms with Crippen molar-refractivity contribution in [2.45, 2.75) is 25.0 Å². The van der Waals surface area contributed by atoms with Gasteiger partial charge in [-0.05, 0) is 12.0 Å². The van der Waals surface area contributed by atoms with Gasteiger partial charge in [0.05, 0.1) is 0 Å². The van der Waals surface area contributed by atoms with Crippen LogP contribution < -0.4 is 27.2 Å². The number of benzene rings is 1. The largest absolute Gasteiger partial charge is 0.396 e. The minimum atomic E-state index is -0.378. The van der Waals surface area contributed by atoms with Gasteiger partial charge in [0.1, 0.15) is 17.7 Å². The van der Waals surface area contributed by atoms with E-state index in [-0.39, 0.29) is 30.1 Å². The molecule has 3 rings (SSSR count). The summed E-state index contributed by atoms with van der Waals surface area (Å²) in [5.41, 5.74) is 6.93. The van der Waals surface area contributed by atoms with Crippen molar-refractivity contribution in [2.24, 2.45) is 19.8 Å². The highest BCUT2D eigenvalue weighted by molar-refractivity contribution is 5.72. The van der Waals surface area contributed by atoms with Crippen molar-refractivity contribution in [3.05, 3.63) is 56.7 Å². The van der Waals surface area contributed by atoms with Crippen LogP contribution in [0, 0.1) is 0 Å². The van der Waals surface area contributed by atoms with Crippen molar-refractivity contribution in [1.29, 1.82) is 0 Å². The van der Waals surface area contributed by atoms with Crippen LogP contribution in [0.2, 0.25) is 0 Å². The zero-order chi connectivity index (χ0) is 18.8. The summed E-state index contributed by atoms with van der Waals surface area (Å²) in [5, 5.41) is 12.4. The fourth-order valence-corrected chi connectivity index (χ4v) is 3.41. The van der Waals surface area contributed by atoms with E-state index in [0.29, 0.717) is 30.9 Å². The Bertz CT molecular complexity index is 890. The third kappa shape index (κ3) is 3.25. The molecule has 4 N–H and O–H groups in total. The Balaban J connectivity index is 2.02. The first-order chi connectivity index (χ1) is 12.4. The van der Waals surface area contributed by atoms with Gasteiger partial charge >= 0.3 is 5.69 Å². The lowest BCUT2D eigenvalue weighted by Gasteiger charge is -2.30. The highest BCUT2D eigenvalue weighted by Crippen LogP contribution is 2.31. The Kier molecular flexibility index (Phi) is 5.15. The number of fused-ring (bicyclic) bond motifs is 1. The van der Waals surface area contributed by atoms with Gasteiger partial charge < -0.3 is 21.1 Å². The average molecular weight is 359 g/mol. The lowest BCUT2D eigenvalue weighted by atomic mass is 10.1. The van der Waals surface area contributed by atoms with Crippen LogP contribution in [-0.2, 0) is 20.5 Å². The molecule has 1 aliphatic heterocycles. The average Bonchev–Trinajstić information content (AvgIpc) is 2.97. The Morgan fingerprint density at radius 3 is 2.54 bits per heavy atom. The molecule has 0 saturated heterocycles. The molecule has 0 aliphatic carbocycles. The maximum absolute atomic E-state index is 12.6. The number of aliphatic hydroxyl groups is 1. The molecule has 26 heavy (non-hydrogen) atoms. The highest BCUT2D eigenvalue weighted by Gasteiger charge is 2.35. The van der Waals surface area contributed by atoms with E-state index in [1.807, 2.05) is 35.2 Å². The summed E-state index contributed by atoms with van der Waals surface area (Å²) in [6.45, 7) is 0.423. The predicted molar refractivity (Wildman–Crippen MR) is 102 cm³/mol. The molecule has 1 aromatic carbocycles. The normalized spacial score (nSPS) is 17.1. The second-order valence-corrected chi connectivity index (χ2v) is 6.68. The maximum atomic E-state index is 12.6. The number of nitrogens with two attached hydrogens (primary N) is 1. The molecule has 8 heteroatoms. The summed E-state index contributed by atoms with van der Waals surface area (Å²) >= 11 is 0. The molecule has 0 radical (unpaired) electrons. The summed E-state index contributed by atoms with van der Waals surface area (Å²) in [6, 6.07) is 9.66. The number of nitrogens with zero attached hydrogens (tertiary/aromatic N) is 3. The van der Waals surface area contributed by atoms with E-state index in [1.54, 1.807) is 7.05 Å². The first-order valence-corrected chi connectivity index (χ1v) is 8.67. The van der Waals surface area contributed by atoms with Crippen LogP contribution in [0.5, 0.6) is 0 Å². The molecule has 8 nitrogen and oxygen atoms in total. The Morgan fingerprint density at radius 1 is 1.19 bits per heavy atom. The third-order valence-electron chi connectivity index (χ3n) is 4.80. The number of rotatable bonds is 6. The van der Waals surface area contributed by atoms with E-state index in [1.165, 1.54) is 11.6 Å². The lowest BCUT2D eigenvalue weighted by molar-refractivity contribution is 0.275. The Morgan fingerprint density at radius 2 is 1.88 bits per heavy atom. The molecule has 1 aliphatic rings. The number of hydrogen-bond donors (Lipinski definition) is 3. The molecule has 0 bridgehead atoms. The molecule has 2 aromatic rings. The number of hydrogen-bond acceptors (Lipinski definition) is 6. The molecule has 0 spiro atoms. The van der Waals surface area contributed by atoms with Crippen molar-refractivity contribution in [3.8, 4) is 0 Å². The second-order valence-electron chi connectivity index (χ2n) is 6.68. The zero-order valence-electron chi connectivity index (χ0n) is 15.1. The first kappa shape index (κ1) is 18.2. The molecule has 2 atom stereocenters. The SMILES string of the molecule is Cn1c2c(c(=O)n(C)c1=O)NC(Cc1ccccc1)N2CC(N)CCO. The van der Waals surface area contributed by atoms with E-state index >= 15 is 0 Å². The minimum absolute atomic E-state index is 0.00582. The summed E-state index contributed by atoms with van der Waals surface area (Å²) in [7, 11) is 3.12. The molecular weight excluding hydrogens is 334 g/mol. The quantitative estimate of drug-likeness (QED) is 0.648. The van der Waals surface area contributed by atoms with Crippen LogP contribution in [0.3, 0.4) is 0 Å². The highest BCUT2D eigenvalue weighted by atomic mass is 16.3. The lowest BCUT2D eigenvalue weighted by Crippen LogP contribution is -2.46. The van der Waals surface area contributed by atoms with Gasteiger partial charge in [0.2, 0.25) is 0 Å². The van der Waals surface area contributed by atoms with Crippen LogP contribution in [0.1, 0.15) is 12.0 Å². The van der Waals surface area contributed by atoms with E-state index < -0.39 is 0 Å². The van der Waals surface area contributed by atoms with Gasteiger partial charge in [0.25, 0.3) is 5.56 Å². The third-order valence-corrected chi connectivity index (χ3v) is 4.80. The predicted octanol–water partition coefficient (Wildman–Crippen LogP) is -0.406. The number of aromatic nitrogens is 2. The van der Waals surface area contributed by atoms with Gasteiger partial charge in [0.15, 0.2) is 0 Å². The standard InChI is InChI=1S/C18H25N5O3/c1-21-16-15(17(25)22(2)18(21)26)20-14(10-12-6-4-3-5-7-12)23(16)11-13(19)8-9-24/h3-7,13-14,20,24H,8-11,19H2,1-2H3. The topological polar surface area (TPSA) is 106 Å². The molecule has 0 fully saturated rings. The Labute approximate surface area is 151 Å². The van der Waals surface area contributed by atoms with Crippen LogP contribution in [0.4, 0.5) is 11.5 Å². The molecular formula is C18H25N5O3. The summed E-state index contributed by atoms with van der Waals surface area (Å²) < 4.78 is 2.57. The summed E-state index contributed by atoms with van der Waals surface area (Å²) in [4.78, 5) is 26.9. The van der Waals surface area contributed by atoms with Gasteiger partial charge in [-0.1, -0.05) is 30.3 Å². The summed E-state index contributed by atoms with van der Waals surface area (Å²) in [5.74, 6) is 0.549. The Hall–Kier alpha value is -2.58. The van der Waals surface area contributed by atoms with Gasteiger partial charge in [0, 0.05) is 39.7 Å². The van der Waals surface area contributed by atoms with Gasteiger partial charge in [-0.3, -0.25) is 13.9 Å². The van der Waals surface area contributed by atoms with Crippen LogP contribution >= 0.6 is 0 Å². The second kappa shape index (κ2) is 7.35. The van der Waals surface area contributed by atoms with Crippen molar-refractivity contribution >= 4 is 11.5 Å². The number of nitrogens with one attached hydrogen (secondary N) is 1. The molecule has 0 saturated carbocycles. The number of anilines is 2. The van der Waals surface area contributed by atoms with Gasteiger partial charge in [-0.25, -0.2) is 4.79 Å². The molecule has 2 heterocycles. The monoisotopic (exact) mass is 359 g/mol. The van der Waals surface area contributed by atoms with Crippen LogP contribution in [0.15, 0.2) is 39.9 Å². The summed E-state index contributed by atoms with van der Waals surface area (Å²) in [6.07, 6.45) is 0.902. The fraction of sp³-hybridized carbons (Fsp3) is 0.444. The zero-order valence-corrected chi connectivity index (χ0v) is 15.1. The van der Waals surface area contributed by atoms with Crippen molar-refractivity contribution in [1.82, 2.24) is 9.13 Å². The van der Waals surface area contributed by atoms with Crippen LogP contribution in [0.25, 0.3) is 0 Å². The minimum Gasteiger partial charge on any atom is -0.396 e. The van der Waals surface area contributed by atoms with Gasteiger partial charge in [-0.15, -0.1) is 0 Å². The first-order valence-electron chi connectivity index (χ1n) is 8.67. The van der Waals surface area contributed by atoms with Crippen molar-refractivity contribution < 1.29 is 5.11 Å². The van der Waals surface area contributed by atoms with Gasteiger partial charge in [-0.2, -0.15) is 0 Å². The fourth-order valence-electron chi connectivity index (χ4n) is 3.41. The molecule has 140 valence electrons. The molecule has 2 unspecified atom stereocenters. The maximum Gasteiger partial charge on any atom is 0.332 e. The number of aliphatic hydroxyl groups excluding tert-OH is 1. The van der Waals surface area contributed by atoms with E-state index in [2.05, 4.69) is 5.32 Å². The van der Waals surface area contributed by atoms with E-state index in [0.717, 1.165) is 10.1 Å². The molecule has 1 aromatic heterocycles. The molecule has 0 amide bonds. The van der Waals surface area contributed by atoms with Crippen LogP contribution in [-0.4, -0.2) is 39.6 Å². The smallest absolute Gasteiger partial charge is 0.332 e. The van der Waals surface area contributed by atoms with Crippen molar-refractivity contribution in [2.75, 3.05) is 23.4 Å².